The van der Waals surface area contributed by atoms with Crippen LogP contribution < -0.4 is 0 Å². The first-order chi connectivity index (χ1) is 13.3. The summed E-state index contributed by atoms with van der Waals surface area (Å²) in [5, 5.41) is 11.1. The van der Waals surface area contributed by atoms with Crippen molar-refractivity contribution in [2.45, 2.75) is 70.9 Å². The van der Waals surface area contributed by atoms with Crippen molar-refractivity contribution in [2.75, 3.05) is 0 Å². The van der Waals surface area contributed by atoms with Gasteiger partial charge in [-0.05, 0) is 44.2 Å². The summed E-state index contributed by atoms with van der Waals surface area (Å²) < 4.78 is 11.8. The molecule has 4 heteroatoms. The number of allylic oxidation sites excluding steroid dienone is 1. The molecule has 0 bridgehead atoms. The van der Waals surface area contributed by atoms with E-state index in [1.807, 2.05) is 30.3 Å². The fourth-order valence-electron chi connectivity index (χ4n) is 4.31. The monoisotopic (exact) mass is 384 g/mol. The molecule has 2 aliphatic rings. The Morgan fingerprint density at radius 2 is 2.04 bits per heavy atom. The second-order valence-corrected chi connectivity index (χ2v) is 8.68. The summed E-state index contributed by atoms with van der Waals surface area (Å²) in [6.45, 7) is 8.27. The molecule has 4 nitrogen and oxygen atoms in total. The molecule has 3 rings (SSSR count). The molecule has 1 fully saturated rings. The third-order valence-corrected chi connectivity index (χ3v) is 5.98. The normalized spacial score (nSPS) is 35.1. The van der Waals surface area contributed by atoms with Crippen molar-refractivity contribution in [1.29, 1.82) is 0 Å². The molecule has 1 aromatic carbocycles. The van der Waals surface area contributed by atoms with E-state index in [9.17, 15) is 9.90 Å². The minimum Gasteiger partial charge on any atom is -0.458 e. The van der Waals surface area contributed by atoms with Gasteiger partial charge in [0.15, 0.2) is 0 Å². The number of hydrogen-bond donors (Lipinski definition) is 1. The first-order valence-corrected chi connectivity index (χ1v) is 10.3. The molecule has 1 aliphatic carbocycles. The third-order valence-electron chi connectivity index (χ3n) is 5.98. The third kappa shape index (κ3) is 4.92. The number of ether oxygens (including phenoxy) is 2. The minimum absolute atomic E-state index is 0.159. The topological polar surface area (TPSA) is 59.1 Å². The Balaban J connectivity index is 1.79. The number of aliphatic hydroxyl groups is 1. The van der Waals surface area contributed by atoms with Crippen LogP contribution in [0.15, 0.2) is 48.1 Å². The molecule has 1 heterocycles. The molecular weight excluding hydrogens is 352 g/mol. The summed E-state index contributed by atoms with van der Waals surface area (Å²) in [5.41, 5.74) is 1.86. The van der Waals surface area contributed by atoms with E-state index in [4.69, 9.17) is 9.47 Å². The molecule has 5 atom stereocenters. The first kappa shape index (κ1) is 20.8. The Bertz CT molecular complexity index is 736. The van der Waals surface area contributed by atoms with Crippen molar-refractivity contribution < 1.29 is 19.4 Å². The van der Waals surface area contributed by atoms with Crippen molar-refractivity contribution in [2.24, 2.45) is 11.8 Å². The van der Waals surface area contributed by atoms with Gasteiger partial charge in [-0.2, -0.15) is 0 Å². The van der Waals surface area contributed by atoms with E-state index in [1.54, 1.807) is 6.08 Å². The molecule has 0 aromatic heterocycles. The molecule has 152 valence electrons. The zero-order valence-electron chi connectivity index (χ0n) is 17.3. The Morgan fingerprint density at radius 1 is 1.32 bits per heavy atom. The Labute approximate surface area is 168 Å². The zero-order chi connectivity index (χ0) is 20.3. The largest absolute Gasteiger partial charge is 0.458 e. The second-order valence-electron chi connectivity index (χ2n) is 8.68. The van der Waals surface area contributed by atoms with Gasteiger partial charge in [0.1, 0.15) is 12.2 Å². The van der Waals surface area contributed by atoms with Crippen LogP contribution in [0, 0.1) is 11.8 Å². The van der Waals surface area contributed by atoms with Crippen LogP contribution in [0.4, 0.5) is 0 Å². The fraction of sp³-hybridized carbons (Fsp3) is 0.542. The lowest BCUT2D eigenvalue weighted by Crippen LogP contribution is -2.43. The SMILES string of the molecule is C/C1=C/CC[C@]2(C)O[C@H]2[C@H](O)[C@H](C(C)C)[C@H](OC(=O)/C=C/c2ccccc2)C1. The number of fused-ring (bicyclic) bond motifs is 1. The summed E-state index contributed by atoms with van der Waals surface area (Å²) in [4.78, 5) is 12.5. The molecule has 1 aliphatic heterocycles. The van der Waals surface area contributed by atoms with Crippen LogP contribution in [0.5, 0.6) is 0 Å². The Morgan fingerprint density at radius 3 is 2.71 bits per heavy atom. The molecule has 0 spiro atoms. The minimum atomic E-state index is -0.646. The number of esters is 1. The van der Waals surface area contributed by atoms with Crippen molar-refractivity contribution in [3.05, 3.63) is 53.6 Å². The lowest BCUT2D eigenvalue weighted by atomic mass is 9.78. The molecule has 28 heavy (non-hydrogen) atoms. The highest BCUT2D eigenvalue weighted by molar-refractivity contribution is 5.87. The van der Waals surface area contributed by atoms with E-state index in [0.717, 1.165) is 18.4 Å². The van der Waals surface area contributed by atoms with Gasteiger partial charge in [-0.25, -0.2) is 4.79 Å². The summed E-state index contributed by atoms with van der Waals surface area (Å²) in [5.74, 6) is -0.398. The van der Waals surface area contributed by atoms with E-state index in [1.165, 1.54) is 11.6 Å². The molecule has 0 unspecified atom stereocenters. The number of epoxide rings is 1. The van der Waals surface area contributed by atoms with Gasteiger partial charge < -0.3 is 14.6 Å². The van der Waals surface area contributed by atoms with Crippen LogP contribution in [-0.2, 0) is 14.3 Å². The van der Waals surface area contributed by atoms with E-state index >= 15 is 0 Å². The van der Waals surface area contributed by atoms with Crippen molar-refractivity contribution in [1.82, 2.24) is 0 Å². The van der Waals surface area contributed by atoms with Crippen LogP contribution in [0.25, 0.3) is 6.08 Å². The highest BCUT2D eigenvalue weighted by Crippen LogP contribution is 2.47. The fourth-order valence-corrected chi connectivity index (χ4v) is 4.31. The Hall–Kier alpha value is -1.91. The van der Waals surface area contributed by atoms with Gasteiger partial charge in [-0.15, -0.1) is 0 Å². The van der Waals surface area contributed by atoms with Crippen LogP contribution in [0.3, 0.4) is 0 Å². The van der Waals surface area contributed by atoms with E-state index in [-0.39, 0.29) is 35.6 Å². The maximum Gasteiger partial charge on any atom is 0.331 e. The second kappa shape index (κ2) is 8.62. The molecule has 1 aromatic rings. The average molecular weight is 385 g/mol. The lowest BCUT2D eigenvalue weighted by molar-refractivity contribution is -0.150. The highest BCUT2D eigenvalue weighted by Gasteiger charge is 2.58. The predicted molar refractivity (Wildman–Crippen MR) is 111 cm³/mol. The smallest absolute Gasteiger partial charge is 0.331 e. The van der Waals surface area contributed by atoms with Crippen LogP contribution in [0.1, 0.15) is 52.5 Å². The molecule has 1 saturated heterocycles. The Kier molecular flexibility index (Phi) is 6.41. The van der Waals surface area contributed by atoms with E-state index in [2.05, 4.69) is 33.8 Å². The number of carbonyl (C=O) groups excluding carboxylic acids is 1. The highest BCUT2D eigenvalue weighted by atomic mass is 16.6. The first-order valence-electron chi connectivity index (χ1n) is 10.3. The summed E-state index contributed by atoms with van der Waals surface area (Å²) in [6.07, 6.45) is 6.66. The van der Waals surface area contributed by atoms with Gasteiger partial charge in [0.25, 0.3) is 0 Å². The summed E-state index contributed by atoms with van der Waals surface area (Å²) in [7, 11) is 0. The molecule has 0 saturated carbocycles. The quantitative estimate of drug-likeness (QED) is 0.359. The number of aliphatic hydroxyl groups excluding tert-OH is 1. The van der Waals surface area contributed by atoms with Crippen LogP contribution in [-0.4, -0.2) is 35.0 Å². The zero-order valence-corrected chi connectivity index (χ0v) is 17.3. The van der Waals surface area contributed by atoms with E-state index in [0.29, 0.717) is 6.42 Å². The maximum atomic E-state index is 12.5. The number of carbonyl (C=O) groups is 1. The maximum absolute atomic E-state index is 12.5. The van der Waals surface area contributed by atoms with Crippen LogP contribution in [0.2, 0.25) is 0 Å². The molecule has 1 N–H and O–H groups in total. The summed E-state index contributed by atoms with van der Waals surface area (Å²) >= 11 is 0. The van der Waals surface area contributed by atoms with Gasteiger partial charge in [0.2, 0.25) is 0 Å². The van der Waals surface area contributed by atoms with E-state index < -0.39 is 6.10 Å². The number of rotatable bonds is 4. The molecule has 0 radical (unpaired) electrons. The van der Waals surface area contributed by atoms with Gasteiger partial charge in [-0.1, -0.05) is 55.8 Å². The number of benzene rings is 1. The van der Waals surface area contributed by atoms with Crippen molar-refractivity contribution >= 4 is 12.0 Å². The van der Waals surface area contributed by atoms with Gasteiger partial charge in [0, 0.05) is 18.4 Å². The van der Waals surface area contributed by atoms with Gasteiger partial charge in [0.05, 0.1) is 11.7 Å². The van der Waals surface area contributed by atoms with Crippen molar-refractivity contribution in [3.8, 4) is 0 Å². The summed E-state index contributed by atoms with van der Waals surface area (Å²) in [6, 6.07) is 9.67. The van der Waals surface area contributed by atoms with Crippen LogP contribution >= 0.6 is 0 Å². The molecule has 0 amide bonds. The van der Waals surface area contributed by atoms with Gasteiger partial charge >= 0.3 is 5.97 Å². The lowest BCUT2D eigenvalue weighted by Gasteiger charge is -2.34. The van der Waals surface area contributed by atoms with Crippen molar-refractivity contribution in [3.63, 3.8) is 0 Å². The molecular formula is C24H32O4. The standard InChI is InChI=1S/C24H32O4/c1-16(2)21-19(27-20(25)13-12-18-10-6-5-7-11-18)15-17(3)9-8-14-24(4)23(28-24)22(21)26/h5-7,9-13,16,19,21-23,26H,8,14-15H2,1-4H3/b13-12+,17-9-/t19-,21-,22-,23+,24+/m1/s1. The predicted octanol–water partition coefficient (Wildman–Crippen LogP) is 4.53. The van der Waals surface area contributed by atoms with Gasteiger partial charge in [-0.3, -0.25) is 0 Å². The average Bonchev–Trinajstić information content (AvgIpc) is 3.31. The number of hydrogen-bond acceptors (Lipinski definition) is 4.